The molecule has 2 rings (SSSR count). The zero-order valence-electron chi connectivity index (χ0n) is 10.4. The molecule has 0 saturated heterocycles. The van der Waals surface area contributed by atoms with Crippen LogP contribution in [0.15, 0.2) is 30.9 Å². The molecule has 18 heavy (non-hydrogen) atoms. The zero-order valence-corrected chi connectivity index (χ0v) is 10.4. The van der Waals surface area contributed by atoms with E-state index in [4.69, 9.17) is 4.74 Å². The summed E-state index contributed by atoms with van der Waals surface area (Å²) in [4.78, 5) is 16.7. The van der Waals surface area contributed by atoms with Gasteiger partial charge in [0.05, 0.1) is 13.2 Å². The SMILES string of the molecule is CNC(Cc1cc(OC)ncn1)c1ncccn1. The number of hydrogen-bond acceptors (Lipinski definition) is 6. The molecule has 0 aliphatic rings. The first-order chi connectivity index (χ1) is 8.83. The quantitative estimate of drug-likeness (QED) is 0.839. The fourth-order valence-electron chi connectivity index (χ4n) is 1.62. The van der Waals surface area contributed by atoms with Gasteiger partial charge in [0, 0.05) is 30.6 Å². The van der Waals surface area contributed by atoms with Gasteiger partial charge in [-0.3, -0.25) is 0 Å². The second kappa shape index (κ2) is 6.02. The van der Waals surface area contributed by atoms with E-state index in [0.29, 0.717) is 12.3 Å². The van der Waals surface area contributed by atoms with Crippen LogP contribution in [0.2, 0.25) is 0 Å². The minimum atomic E-state index is 0.0193. The highest BCUT2D eigenvalue weighted by atomic mass is 16.5. The predicted molar refractivity (Wildman–Crippen MR) is 66.1 cm³/mol. The van der Waals surface area contributed by atoms with Gasteiger partial charge in [-0.2, -0.15) is 0 Å². The second-order valence-electron chi connectivity index (χ2n) is 3.70. The zero-order chi connectivity index (χ0) is 12.8. The molecule has 0 amide bonds. The van der Waals surface area contributed by atoms with Crippen LogP contribution in [0.1, 0.15) is 17.6 Å². The van der Waals surface area contributed by atoms with Crippen molar-refractivity contribution >= 4 is 0 Å². The van der Waals surface area contributed by atoms with Gasteiger partial charge < -0.3 is 10.1 Å². The minimum absolute atomic E-state index is 0.0193. The molecule has 6 heteroatoms. The van der Waals surface area contributed by atoms with Crippen molar-refractivity contribution in [1.29, 1.82) is 0 Å². The molecule has 0 radical (unpaired) electrons. The molecule has 2 aromatic heterocycles. The lowest BCUT2D eigenvalue weighted by molar-refractivity contribution is 0.395. The van der Waals surface area contributed by atoms with E-state index in [1.807, 2.05) is 13.1 Å². The normalized spacial score (nSPS) is 12.1. The molecule has 0 fully saturated rings. The van der Waals surface area contributed by atoms with Crippen LogP contribution < -0.4 is 10.1 Å². The summed E-state index contributed by atoms with van der Waals surface area (Å²) in [7, 11) is 3.46. The molecule has 0 aliphatic heterocycles. The average Bonchev–Trinajstić information content (AvgIpc) is 2.46. The number of likely N-dealkylation sites (N-methyl/N-ethyl adjacent to an activating group) is 1. The minimum Gasteiger partial charge on any atom is -0.481 e. The van der Waals surface area contributed by atoms with Crippen molar-refractivity contribution in [2.75, 3.05) is 14.2 Å². The molecule has 0 saturated carbocycles. The Morgan fingerprint density at radius 1 is 1.22 bits per heavy atom. The molecule has 94 valence electrons. The molecule has 6 nitrogen and oxygen atoms in total. The summed E-state index contributed by atoms with van der Waals surface area (Å²) in [6, 6.07) is 3.63. The van der Waals surface area contributed by atoms with Gasteiger partial charge in [-0.05, 0) is 13.1 Å². The Bertz CT molecular complexity index is 491. The fourth-order valence-corrected chi connectivity index (χ4v) is 1.62. The molecule has 0 aromatic carbocycles. The molecule has 1 N–H and O–H groups in total. The molecule has 1 atom stereocenters. The number of aromatic nitrogens is 4. The Labute approximate surface area is 105 Å². The number of nitrogens with zero attached hydrogens (tertiary/aromatic N) is 4. The second-order valence-corrected chi connectivity index (χ2v) is 3.70. The van der Waals surface area contributed by atoms with Crippen molar-refractivity contribution in [2.24, 2.45) is 0 Å². The first-order valence-corrected chi connectivity index (χ1v) is 5.62. The van der Waals surface area contributed by atoms with Gasteiger partial charge in [0.15, 0.2) is 0 Å². The third-order valence-corrected chi connectivity index (χ3v) is 2.57. The van der Waals surface area contributed by atoms with Crippen molar-refractivity contribution < 1.29 is 4.74 Å². The van der Waals surface area contributed by atoms with Gasteiger partial charge in [-0.25, -0.2) is 19.9 Å². The highest BCUT2D eigenvalue weighted by molar-refractivity contribution is 5.15. The van der Waals surface area contributed by atoms with Gasteiger partial charge in [-0.15, -0.1) is 0 Å². The smallest absolute Gasteiger partial charge is 0.216 e. The Balaban J connectivity index is 2.15. The van der Waals surface area contributed by atoms with E-state index in [9.17, 15) is 0 Å². The van der Waals surface area contributed by atoms with Crippen molar-refractivity contribution in [3.63, 3.8) is 0 Å². The maximum atomic E-state index is 5.07. The number of ether oxygens (including phenoxy) is 1. The number of nitrogens with one attached hydrogen (secondary N) is 1. The predicted octanol–water partition coefficient (Wildman–Crippen LogP) is 0.778. The van der Waals surface area contributed by atoms with E-state index in [-0.39, 0.29) is 6.04 Å². The Morgan fingerprint density at radius 2 is 2.00 bits per heavy atom. The van der Waals surface area contributed by atoms with Crippen LogP contribution in [0.5, 0.6) is 5.88 Å². The fraction of sp³-hybridized carbons (Fsp3) is 0.333. The highest BCUT2D eigenvalue weighted by Crippen LogP contribution is 2.14. The third-order valence-electron chi connectivity index (χ3n) is 2.57. The van der Waals surface area contributed by atoms with Crippen molar-refractivity contribution in [3.8, 4) is 5.88 Å². The lowest BCUT2D eigenvalue weighted by Crippen LogP contribution is -2.21. The topological polar surface area (TPSA) is 72.8 Å². The molecule has 2 aromatic rings. The number of methoxy groups -OCH3 is 1. The lowest BCUT2D eigenvalue weighted by atomic mass is 10.1. The lowest BCUT2D eigenvalue weighted by Gasteiger charge is -2.13. The Morgan fingerprint density at radius 3 is 2.67 bits per heavy atom. The van der Waals surface area contributed by atoms with E-state index in [1.54, 1.807) is 25.6 Å². The number of rotatable bonds is 5. The largest absolute Gasteiger partial charge is 0.481 e. The van der Waals surface area contributed by atoms with Crippen LogP contribution in [0.4, 0.5) is 0 Å². The molecule has 0 bridgehead atoms. The summed E-state index contributed by atoms with van der Waals surface area (Å²) in [6.45, 7) is 0. The van der Waals surface area contributed by atoms with Crippen LogP contribution >= 0.6 is 0 Å². The Kier molecular flexibility index (Phi) is 4.14. The summed E-state index contributed by atoms with van der Waals surface area (Å²) in [5.41, 5.74) is 0.883. The van der Waals surface area contributed by atoms with Crippen LogP contribution in [-0.4, -0.2) is 34.1 Å². The summed E-state index contributed by atoms with van der Waals surface area (Å²) in [6.07, 6.45) is 5.63. The van der Waals surface area contributed by atoms with Gasteiger partial charge >= 0.3 is 0 Å². The Hall–Kier alpha value is -2.08. The molecule has 1 unspecified atom stereocenters. The van der Waals surface area contributed by atoms with E-state index in [2.05, 4.69) is 25.3 Å². The maximum absolute atomic E-state index is 5.07. The highest BCUT2D eigenvalue weighted by Gasteiger charge is 2.13. The van der Waals surface area contributed by atoms with Crippen LogP contribution in [0, 0.1) is 0 Å². The number of hydrogen-bond donors (Lipinski definition) is 1. The van der Waals surface area contributed by atoms with Crippen LogP contribution in [-0.2, 0) is 6.42 Å². The summed E-state index contributed by atoms with van der Waals surface area (Å²) >= 11 is 0. The van der Waals surface area contributed by atoms with E-state index in [0.717, 1.165) is 11.5 Å². The van der Waals surface area contributed by atoms with Crippen LogP contribution in [0.3, 0.4) is 0 Å². The van der Waals surface area contributed by atoms with Gasteiger partial charge in [-0.1, -0.05) is 0 Å². The molecule has 0 aliphatic carbocycles. The van der Waals surface area contributed by atoms with Crippen molar-refractivity contribution in [2.45, 2.75) is 12.5 Å². The third kappa shape index (κ3) is 2.98. The first-order valence-electron chi connectivity index (χ1n) is 5.62. The monoisotopic (exact) mass is 245 g/mol. The average molecular weight is 245 g/mol. The molecule has 0 spiro atoms. The van der Waals surface area contributed by atoms with Gasteiger partial charge in [0.25, 0.3) is 0 Å². The van der Waals surface area contributed by atoms with Gasteiger partial charge in [0.1, 0.15) is 12.2 Å². The van der Waals surface area contributed by atoms with Gasteiger partial charge in [0.2, 0.25) is 5.88 Å². The van der Waals surface area contributed by atoms with E-state index >= 15 is 0 Å². The van der Waals surface area contributed by atoms with Crippen molar-refractivity contribution in [3.05, 3.63) is 42.4 Å². The van der Waals surface area contributed by atoms with Crippen molar-refractivity contribution in [1.82, 2.24) is 25.3 Å². The molecular formula is C12H15N5O. The summed E-state index contributed by atoms with van der Waals surface area (Å²) in [5.74, 6) is 1.31. The van der Waals surface area contributed by atoms with E-state index in [1.165, 1.54) is 6.33 Å². The summed E-state index contributed by atoms with van der Waals surface area (Å²) < 4.78 is 5.07. The molecule has 2 heterocycles. The standard InChI is InChI=1S/C12H15N5O/c1-13-10(12-14-4-3-5-15-12)6-9-7-11(18-2)17-8-16-9/h3-5,7-8,10,13H,6H2,1-2H3. The summed E-state index contributed by atoms with van der Waals surface area (Å²) in [5, 5.41) is 3.18. The maximum Gasteiger partial charge on any atom is 0.216 e. The van der Waals surface area contributed by atoms with E-state index < -0.39 is 0 Å². The first kappa shape index (κ1) is 12.4. The van der Waals surface area contributed by atoms with Crippen LogP contribution in [0.25, 0.3) is 0 Å². The molecular weight excluding hydrogens is 230 g/mol.